The Labute approximate surface area is 172 Å². The molecule has 0 aliphatic carbocycles. The van der Waals surface area contributed by atoms with Crippen molar-refractivity contribution in [2.75, 3.05) is 0 Å². The number of nitrogens with zero attached hydrogens (tertiary/aromatic N) is 4. The summed E-state index contributed by atoms with van der Waals surface area (Å²) in [6.07, 6.45) is 0.313. The zero-order valence-corrected chi connectivity index (χ0v) is 15.9. The molecular formula is C21H16FeN4O2. The predicted molar refractivity (Wildman–Crippen MR) is 99.9 cm³/mol. The molecule has 7 heteroatoms. The van der Waals surface area contributed by atoms with E-state index in [2.05, 4.69) is 20.4 Å². The van der Waals surface area contributed by atoms with Gasteiger partial charge >= 0.3 is 17.1 Å². The van der Waals surface area contributed by atoms with Gasteiger partial charge in [0.1, 0.15) is 6.42 Å². The fourth-order valence-electron chi connectivity index (χ4n) is 2.43. The Hall–Kier alpha value is -3.28. The van der Waals surface area contributed by atoms with Gasteiger partial charge in [0.15, 0.2) is 5.89 Å². The molecule has 0 fully saturated rings. The Kier molecular flexibility index (Phi) is 6.68. The van der Waals surface area contributed by atoms with Crippen molar-refractivity contribution in [3.8, 4) is 22.9 Å². The molecule has 6 nitrogen and oxygen atoms in total. The van der Waals surface area contributed by atoms with Crippen LogP contribution in [-0.2, 0) is 23.5 Å². The van der Waals surface area contributed by atoms with Gasteiger partial charge in [-0.15, -0.1) is 20.4 Å². The van der Waals surface area contributed by atoms with Crippen LogP contribution in [0.5, 0.6) is 0 Å². The second-order valence-electron chi connectivity index (χ2n) is 5.68. The molecule has 3 aromatic carbocycles. The summed E-state index contributed by atoms with van der Waals surface area (Å²) in [5, 5.41) is 16.1. The summed E-state index contributed by atoms with van der Waals surface area (Å²) < 4.78 is 11.2. The quantitative estimate of drug-likeness (QED) is 0.320. The molecule has 28 heavy (non-hydrogen) atoms. The monoisotopic (exact) mass is 412 g/mol. The number of hydrogen-bond acceptors (Lipinski definition) is 6. The largest absolute Gasteiger partial charge is 2.00 e. The Balaban J connectivity index is 0.000000329. The van der Waals surface area contributed by atoms with Crippen LogP contribution in [0.3, 0.4) is 0 Å². The van der Waals surface area contributed by atoms with E-state index in [4.69, 9.17) is 8.83 Å². The van der Waals surface area contributed by atoms with E-state index in [0.29, 0.717) is 30.0 Å². The second-order valence-corrected chi connectivity index (χ2v) is 5.68. The molecule has 0 aliphatic heterocycles. The van der Waals surface area contributed by atoms with Crippen molar-refractivity contribution >= 4 is 0 Å². The number of hydrogen-bond donors (Lipinski definition) is 0. The predicted octanol–water partition coefficient (Wildman–Crippen LogP) is 4.50. The van der Waals surface area contributed by atoms with Crippen molar-refractivity contribution in [3.05, 3.63) is 96.7 Å². The van der Waals surface area contributed by atoms with E-state index >= 15 is 0 Å². The van der Waals surface area contributed by atoms with Crippen LogP contribution in [0.2, 0.25) is 0 Å². The number of rotatable bonds is 4. The molecule has 0 saturated carbocycles. The summed E-state index contributed by atoms with van der Waals surface area (Å²) in [6, 6.07) is 27.3. The Bertz CT molecular complexity index is 1030. The number of benzene rings is 1. The van der Waals surface area contributed by atoms with Crippen LogP contribution >= 0.6 is 0 Å². The Morgan fingerprint density at radius 2 is 1.43 bits per heavy atom. The molecule has 0 atom stereocenters. The Morgan fingerprint density at radius 1 is 0.750 bits per heavy atom. The number of aromatic nitrogens is 4. The van der Waals surface area contributed by atoms with E-state index in [1.54, 1.807) is 0 Å². The average Bonchev–Trinajstić information content (AvgIpc) is 3.52. The van der Waals surface area contributed by atoms with Gasteiger partial charge < -0.3 is 8.83 Å². The molecular weight excluding hydrogens is 396 g/mol. The normalized spacial score (nSPS) is 10.0. The van der Waals surface area contributed by atoms with E-state index in [1.165, 1.54) is 0 Å². The maximum absolute atomic E-state index is 5.62. The van der Waals surface area contributed by atoms with Gasteiger partial charge in [-0.05, 0) is 12.1 Å². The molecule has 140 valence electrons. The van der Waals surface area contributed by atoms with E-state index in [1.807, 2.05) is 84.9 Å². The molecule has 0 unspecified atom stereocenters. The van der Waals surface area contributed by atoms with Crippen LogP contribution in [0.15, 0.2) is 93.8 Å². The molecule has 5 rings (SSSR count). The molecule has 0 radical (unpaired) electrons. The van der Waals surface area contributed by atoms with Gasteiger partial charge in [-0.2, -0.15) is 30.3 Å². The van der Waals surface area contributed by atoms with E-state index in [0.717, 1.165) is 11.1 Å². The minimum atomic E-state index is 0. The fraction of sp³-hybridized carbons (Fsp3) is 0.0476. The molecule has 0 aliphatic rings. The fourth-order valence-corrected chi connectivity index (χ4v) is 2.43. The third-order valence-electron chi connectivity index (χ3n) is 3.72. The summed E-state index contributed by atoms with van der Waals surface area (Å²) >= 11 is 0. The smallest absolute Gasteiger partial charge is 0.432 e. The zero-order chi connectivity index (χ0) is 18.3. The third kappa shape index (κ3) is 4.91. The average molecular weight is 412 g/mol. The van der Waals surface area contributed by atoms with Gasteiger partial charge in [0.25, 0.3) is 0 Å². The minimum absolute atomic E-state index is 0. The van der Waals surface area contributed by atoms with Crippen molar-refractivity contribution in [1.29, 1.82) is 0 Å². The summed E-state index contributed by atoms with van der Waals surface area (Å²) in [4.78, 5) is 0. The van der Waals surface area contributed by atoms with Gasteiger partial charge in [-0.3, -0.25) is 0 Å². The van der Waals surface area contributed by atoms with Gasteiger partial charge in [-0.1, -0.05) is 23.8 Å². The van der Waals surface area contributed by atoms with Crippen LogP contribution in [0.25, 0.3) is 22.9 Å². The molecule has 0 bridgehead atoms. The van der Waals surface area contributed by atoms with Crippen molar-refractivity contribution in [2.24, 2.45) is 0 Å². The van der Waals surface area contributed by atoms with Crippen molar-refractivity contribution in [2.45, 2.75) is 6.42 Å². The van der Waals surface area contributed by atoms with Gasteiger partial charge in [-0.25, -0.2) is 24.3 Å². The molecule has 0 saturated heterocycles. The third-order valence-corrected chi connectivity index (χ3v) is 3.72. The van der Waals surface area contributed by atoms with Crippen LogP contribution in [0, 0.1) is 0 Å². The zero-order valence-electron chi connectivity index (χ0n) is 14.7. The SMILES string of the molecule is [Fe+2].c1cc[cH-]c1.c1ccc(-c2nnc(Cc3nnc(-[c-]4cccc4)o3)o2)cc1. The maximum Gasteiger partial charge on any atom is 2.00 e. The molecule has 0 amide bonds. The first kappa shape index (κ1) is 19.5. The first-order valence-electron chi connectivity index (χ1n) is 8.47. The first-order chi connectivity index (χ1) is 13.4. The van der Waals surface area contributed by atoms with Gasteiger partial charge in [0.05, 0.1) is 0 Å². The van der Waals surface area contributed by atoms with Gasteiger partial charge in [0.2, 0.25) is 17.7 Å². The van der Waals surface area contributed by atoms with Crippen LogP contribution < -0.4 is 0 Å². The maximum atomic E-state index is 5.62. The Morgan fingerprint density at radius 3 is 2.11 bits per heavy atom. The van der Waals surface area contributed by atoms with E-state index < -0.39 is 0 Å². The molecule has 5 aromatic rings. The van der Waals surface area contributed by atoms with Gasteiger partial charge in [0, 0.05) is 5.56 Å². The van der Waals surface area contributed by atoms with Crippen LogP contribution in [0.4, 0.5) is 0 Å². The second kappa shape index (κ2) is 9.60. The summed E-state index contributed by atoms with van der Waals surface area (Å²) in [6.45, 7) is 0. The van der Waals surface area contributed by atoms with Crippen LogP contribution in [-0.4, -0.2) is 20.4 Å². The summed E-state index contributed by atoms with van der Waals surface area (Å²) in [5.74, 6) is 1.85. The standard InChI is InChI=1S/C16H11N4O2.C5H5.Fe/c1-2-6-11(7-3-1)15-19-17-13(21-15)10-14-18-20-16(22-14)12-8-4-5-9-12;1-2-4-5-3-1;/h1-9H,10H2;1-5H;/q2*-1;+2. The van der Waals surface area contributed by atoms with Crippen LogP contribution in [0.1, 0.15) is 11.8 Å². The first-order valence-corrected chi connectivity index (χ1v) is 8.47. The van der Waals surface area contributed by atoms with E-state index in [-0.39, 0.29) is 17.1 Å². The molecule has 2 heterocycles. The summed E-state index contributed by atoms with van der Waals surface area (Å²) in [5.41, 5.74) is 1.78. The van der Waals surface area contributed by atoms with E-state index in [9.17, 15) is 0 Å². The van der Waals surface area contributed by atoms with Crippen molar-refractivity contribution in [3.63, 3.8) is 0 Å². The summed E-state index contributed by atoms with van der Waals surface area (Å²) in [7, 11) is 0. The van der Waals surface area contributed by atoms with Crippen molar-refractivity contribution < 1.29 is 25.9 Å². The molecule has 2 aromatic heterocycles. The van der Waals surface area contributed by atoms with Crippen molar-refractivity contribution in [1.82, 2.24) is 20.4 Å². The molecule has 0 N–H and O–H groups in total. The molecule has 0 spiro atoms. The minimum Gasteiger partial charge on any atom is -0.432 e. The topological polar surface area (TPSA) is 77.8 Å².